The van der Waals surface area contributed by atoms with Crippen molar-refractivity contribution in [1.29, 1.82) is 0 Å². The van der Waals surface area contributed by atoms with Gasteiger partial charge in [0.2, 0.25) is 35.4 Å². The summed E-state index contributed by atoms with van der Waals surface area (Å²) >= 11 is 0. The molecule has 0 aromatic heterocycles. The maximum absolute atomic E-state index is 14.7. The summed E-state index contributed by atoms with van der Waals surface area (Å²) in [5.41, 5.74) is 22.2. The highest BCUT2D eigenvalue weighted by Gasteiger charge is 2.49. The van der Waals surface area contributed by atoms with E-state index in [-0.39, 0.29) is 49.4 Å². The summed E-state index contributed by atoms with van der Waals surface area (Å²) < 4.78 is 5.87. The molecule has 3 aliphatic heterocycles. The van der Waals surface area contributed by atoms with Crippen LogP contribution in [-0.4, -0.2) is 210 Å². The fraction of sp³-hybridized carbons (Fsp3) is 0.456. The first-order valence-corrected chi connectivity index (χ1v) is 27.2. The number of nitrogens with one attached hydrogen (secondary N) is 5. The predicted octanol–water partition coefficient (Wildman–Crippen LogP) is -3.79. The number of nitrogens with zero attached hydrogens (tertiary/aromatic N) is 2. The number of amides is 7. The van der Waals surface area contributed by atoms with Gasteiger partial charge >= 0.3 is 0 Å². The number of ether oxygens (including phenoxy) is 1. The first-order valence-electron chi connectivity index (χ1n) is 27.2. The molecule has 83 heavy (non-hydrogen) atoms. The Morgan fingerprint density at radius 3 is 1.82 bits per heavy atom. The monoisotopic (exact) mass is 1150 g/mol. The fourth-order valence-electron chi connectivity index (χ4n) is 10.2. The molecule has 0 radical (unpaired) electrons. The van der Waals surface area contributed by atoms with Crippen LogP contribution in [0.25, 0.3) is 22.3 Å². The molecular formula is C57H74N10O16. The Labute approximate surface area is 478 Å². The third-order valence-corrected chi connectivity index (χ3v) is 15.0. The van der Waals surface area contributed by atoms with Gasteiger partial charge in [-0.3, -0.25) is 33.6 Å². The molecule has 15 atom stereocenters. The molecule has 7 amide bonds. The van der Waals surface area contributed by atoms with Crippen molar-refractivity contribution in [3.8, 4) is 28.0 Å². The molecule has 26 nitrogen and oxygen atoms in total. The van der Waals surface area contributed by atoms with Gasteiger partial charge in [0.1, 0.15) is 60.3 Å². The van der Waals surface area contributed by atoms with Crippen molar-refractivity contribution in [1.82, 2.24) is 36.4 Å². The van der Waals surface area contributed by atoms with Gasteiger partial charge in [-0.15, -0.1) is 0 Å². The first kappa shape index (κ1) is 63.1. The van der Waals surface area contributed by atoms with Crippen LogP contribution in [0, 0.1) is 6.92 Å². The van der Waals surface area contributed by atoms with Crippen LogP contribution in [-0.2, 0) is 33.5 Å². The van der Waals surface area contributed by atoms with Crippen molar-refractivity contribution >= 4 is 41.4 Å². The lowest BCUT2D eigenvalue weighted by Gasteiger charge is -2.35. The topological polar surface area (TPSA) is 435 Å². The van der Waals surface area contributed by atoms with Crippen LogP contribution in [0.3, 0.4) is 0 Å². The summed E-state index contributed by atoms with van der Waals surface area (Å²) in [7, 11) is 0. The van der Waals surface area contributed by atoms with E-state index in [2.05, 4.69) is 26.6 Å². The molecule has 7 rings (SSSR count). The normalized spacial score (nSPS) is 26.9. The van der Waals surface area contributed by atoms with Crippen molar-refractivity contribution in [2.75, 3.05) is 32.8 Å². The molecule has 0 spiro atoms. The van der Waals surface area contributed by atoms with E-state index in [4.69, 9.17) is 21.9 Å². The maximum Gasteiger partial charge on any atom is 0.251 e. The van der Waals surface area contributed by atoms with Crippen molar-refractivity contribution in [3.05, 3.63) is 114 Å². The Morgan fingerprint density at radius 2 is 1.24 bits per heavy atom. The first-order chi connectivity index (χ1) is 39.5. The van der Waals surface area contributed by atoms with Crippen LogP contribution in [0.15, 0.2) is 97.1 Å². The summed E-state index contributed by atoms with van der Waals surface area (Å²) in [6, 6.07) is 14.1. The molecule has 19 N–H and O–H groups in total. The number of aromatic hydroxyl groups is 1. The Balaban J connectivity index is 1.27. The number of phenols is 1. The second-order valence-corrected chi connectivity index (χ2v) is 21.2. The number of hydrogen-bond donors (Lipinski definition) is 16. The average Bonchev–Trinajstić information content (AvgIpc) is 4.10. The molecule has 0 bridgehead atoms. The highest BCUT2D eigenvalue weighted by atomic mass is 16.5. The number of rotatable bonds is 15. The average molecular weight is 1160 g/mol. The number of fused-ring (bicyclic) bond motifs is 2. The van der Waals surface area contributed by atoms with Gasteiger partial charge in [-0.05, 0) is 85.3 Å². The molecule has 15 unspecified atom stereocenters. The minimum atomic E-state index is -2.32. The van der Waals surface area contributed by atoms with Gasteiger partial charge in [-0.25, -0.2) is 0 Å². The number of benzene rings is 4. The Bertz CT molecular complexity index is 2900. The van der Waals surface area contributed by atoms with E-state index in [0.29, 0.717) is 0 Å². The summed E-state index contributed by atoms with van der Waals surface area (Å²) in [4.78, 5) is 103. The zero-order valence-corrected chi connectivity index (χ0v) is 45.7. The lowest BCUT2D eigenvalue weighted by molar-refractivity contribution is -0.150. The zero-order chi connectivity index (χ0) is 60.4. The Morgan fingerprint density at radius 1 is 0.687 bits per heavy atom. The third-order valence-electron chi connectivity index (χ3n) is 15.0. The molecule has 3 saturated heterocycles. The van der Waals surface area contributed by atoms with Crippen LogP contribution in [0.1, 0.15) is 60.2 Å². The van der Waals surface area contributed by atoms with Crippen molar-refractivity contribution in [2.24, 2.45) is 17.2 Å². The maximum atomic E-state index is 14.7. The van der Waals surface area contributed by atoms with Crippen LogP contribution in [0.5, 0.6) is 5.75 Å². The van der Waals surface area contributed by atoms with E-state index in [9.17, 15) is 74.4 Å². The van der Waals surface area contributed by atoms with Crippen LogP contribution in [0.4, 0.5) is 0 Å². The number of aliphatic hydroxyl groups excluding tert-OH is 7. The summed E-state index contributed by atoms with van der Waals surface area (Å²) in [6.07, 6.45) is -16.9. The van der Waals surface area contributed by atoms with E-state index in [1.165, 1.54) is 24.3 Å². The summed E-state index contributed by atoms with van der Waals surface area (Å²) in [6.45, 7) is 1.28. The van der Waals surface area contributed by atoms with Gasteiger partial charge in [0.05, 0.1) is 31.0 Å². The molecule has 4 aromatic rings. The van der Waals surface area contributed by atoms with Crippen LogP contribution in [0.2, 0.25) is 0 Å². The quantitative estimate of drug-likeness (QED) is 0.0543. The molecule has 3 aliphatic rings. The molecule has 0 saturated carbocycles. The zero-order valence-electron chi connectivity index (χ0n) is 45.7. The lowest BCUT2D eigenvalue weighted by atomic mass is 9.96. The molecule has 4 aromatic carbocycles. The molecule has 448 valence electrons. The Hall–Kier alpha value is -7.47. The minimum absolute atomic E-state index is 0.0228. The van der Waals surface area contributed by atoms with Crippen LogP contribution < -0.4 is 43.8 Å². The number of aliphatic hydroxyl groups is 7. The third kappa shape index (κ3) is 15.4. The second-order valence-electron chi connectivity index (χ2n) is 21.2. The van der Waals surface area contributed by atoms with E-state index >= 15 is 0 Å². The number of carbonyl (C=O) groups is 7. The number of phenolic OH excluding ortho intramolecular Hbond substituents is 1. The highest BCUT2D eigenvalue weighted by molar-refractivity contribution is 6.00. The van der Waals surface area contributed by atoms with Gasteiger partial charge in [-0.2, -0.15) is 0 Å². The summed E-state index contributed by atoms with van der Waals surface area (Å²) in [5, 5.41) is 102. The smallest absolute Gasteiger partial charge is 0.251 e. The molecule has 0 aliphatic carbocycles. The molecule has 26 heteroatoms. The van der Waals surface area contributed by atoms with Crippen LogP contribution >= 0.6 is 0 Å². The van der Waals surface area contributed by atoms with E-state index in [1.807, 2.05) is 55.5 Å². The Kier molecular flexibility index (Phi) is 21.4. The van der Waals surface area contributed by atoms with E-state index in [1.54, 1.807) is 12.1 Å². The largest absolute Gasteiger partial charge is 0.508 e. The number of nitrogens with two attached hydrogens (primary N) is 3. The van der Waals surface area contributed by atoms with Crippen molar-refractivity contribution in [2.45, 2.75) is 131 Å². The predicted molar refractivity (Wildman–Crippen MR) is 297 cm³/mol. The van der Waals surface area contributed by atoms with Gasteiger partial charge in [0.25, 0.3) is 5.91 Å². The highest BCUT2D eigenvalue weighted by Crippen LogP contribution is 2.28. The SMILES string of the molecule is Cc1ccc(-c2ccc(-c3ccc(C(=O)NC4CC(O)C(OCC(N)CN)NC(=O)C5C(O)CCN5C(=O)C(C(O)CCN)NC(=O)C(C(O)C(O)c5ccc(O)cc5)NC(=O)C5CC(O)CN5C(=O)C(C(C)O)NC4=O)cc3)cc2)cc1. The van der Waals surface area contributed by atoms with Gasteiger partial charge in [0, 0.05) is 44.1 Å². The molecule has 3 heterocycles. The molecule has 3 fully saturated rings. The van der Waals surface area contributed by atoms with E-state index < -0.39 is 159 Å². The number of carbonyl (C=O) groups excluding carboxylic acids is 7. The van der Waals surface area contributed by atoms with E-state index in [0.717, 1.165) is 56.7 Å². The lowest BCUT2D eigenvalue weighted by Crippen LogP contribution is -2.64. The second kappa shape index (κ2) is 28.2. The number of hydrogen-bond acceptors (Lipinski definition) is 19. The van der Waals surface area contributed by atoms with Crippen molar-refractivity contribution in [3.63, 3.8) is 0 Å². The number of aryl methyl sites for hydroxylation is 1. The van der Waals surface area contributed by atoms with Gasteiger partial charge in [-0.1, -0.05) is 78.4 Å². The molecular weight excluding hydrogens is 1080 g/mol. The van der Waals surface area contributed by atoms with Gasteiger partial charge < -0.3 is 99.2 Å². The van der Waals surface area contributed by atoms with Crippen molar-refractivity contribution < 1.29 is 79.2 Å². The standard InChI is InChI=1S/C57H74N10O16/c1-28-3-5-30(6-4-28)31-7-9-32(10-8-31)33-11-13-35(14-12-33)50(76)61-39-24-43(73)55(83-27-36(60)25-59)65-54(80)47-42(72)20-22-66(47)57(82)45(41(71)19-21-58)63-53(79)46(49(75)48(74)34-15-17-37(69)18-16-34)64-52(78)40-23-38(70)26-67(40)56(81)44(29(2)68)62-51(39)77/h3-18,29,36,38-49,55,68-75H,19-27,58-60H2,1-2H3,(H,61,76)(H,62,77)(H,63,79)(H,64,78)(H,65,80). The minimum Gasteiger partial charge on any atom is -0.508 e. The summed E-state index contributed by atoms with van der Waals surface area (Å²) in [5.74, 6) is -8.51. The fourth-order valence-corrected chi connectivity index (χ4v) is 10.2. The van der Waals surface area contributed by atoms with Gasteiger partial charge in [0.15, 0.2) is 6.23 Å².